The van der Waals surface area contributed by atoms with E-state index < -0.39 is 0 Å². The van der Waals surface area contributed by atoms with Crippen molar-refractivity contribution in [2.45, 2.75) is 12.5 Å². The van der Waals surface area contributed by atoms with Crippen molar-refractivity contribution in [3.63, 3.8) is 0 Å². The Morgan fingerprint density at radius 3 is 2.82 bits per heavy atom. The van der Waals surface area contributed by atoms with Gasteiger partial charge in [-0.05, 0) is 34.2 Å². The van der Waals surface area contributed by atoms with Crippen LogP contribution in [-0.4, -0.2) is 14.8 Å². The Kier molecular flexibility index (Phi) is 4.08. The van der Waals surface area contributed by atoms with Gasteiger partial charge in [0.25, 0.3) is 0 Å². The van der Waals surface area contributed by atoms with Gasteiger partial charge in [-0.2, -0.15) is 5.10 Å². The molecular weight excluding hydrogens is 329 g/mol. The Bertz CT molecular complexity index is 496. The van der Waals surface area contributed by atoms with E-state index in [-0.39, 0.29) is 6.04 Å². The minimum absolute atomic E-state index is 0.0472. The van der Waals surface area contributed by atoms with E-state index in [9.17, 15) is 0 Å². The first-order valence-corrected chi connectivity index (χ1v) is 6.33. The SMILES string of the molecule is Cn1ncnc1CC(NN)c1ccccc1I. The van der Waals surface area contributed by atoms with Gasteiger partial charge in [-0.1, -0.05) is 18.2 Å². The van der Waals surface area contributed by atoms with Crippen molar-refractivity contribution in [2.24, 2.45) is 12.9 Å². The van der Waals surface area contributed by atoms with Gasteiger partial charge < -0.3 is 0 Å². The summed E-state index contributed by atoms with van der Waals surface area (Å²) in [5.41, 5.74) is 4.02. The van der Waals surface area contributed by atoms with Gasteiger partial charge in [0.2, 0.25) is 0 Å². The molecule has 0 aliphatic carbocycles. The van der Waals surface area contributed by atoms with Gasteiger partial charge in [-0.3, -0.25) is 16.0 Å². The van der Waals surface area contributed by atoms with Crippen LogP contribution in [0.5, 0.6) is 0 Å². The van der Waals surface area contributed by atoms with Gasteiger partial charge in [0.15, 0.2) is 0 Å². The lowest BCUT2D eigenvalue weighted by Crippen LogP contribution is -2.30. The summed E-state index contributed by atoms with van der Waals surface area (Å²) in [4.78, 5) is 4.21. The zero-order chi connectivity index (χ0) is 12.3. The second-order valence-corrected chi connectivity index (χ2v) is 4.91. The van der Waals surface area contributed by atoms with Gasteiger partial charge in [-0.25, -0.2) is 4.98 Å². The van der Waals surface area contributed by atoms with Crippen LogP contribution in [0.3, 0.4) is 0 Å². The lowest BCUT2D eigenvalue weighted by Gasteiger charge is -2.17. The van der Waals surface area contributed by atoms with E-state index in [0.717, 1.165) is 5.82 Å². The fourth-order valence-electron chi connectivity index (χ4n) is 1.70. The van der Waals surface area contributed by atoms with Crippen LogP contribution in [0.15, 0.2) is 30.6 Å². The molecule has 3 N–H and O–H groups in total. The molecule has 1 heterocycles. The summed E-state index contributed by atoms with van der Waals surface area (Å²) < 4.78 is 2.95. The summed E-state index contributed by atoms with van der Waals surface area (Å²) >= 11 is 2.31. The minimum Gasteiger partial charge on any atom is -0.271 e. The summed E-state index contributed by atoms with van der Waals surface area (Å²) in [7, 11) is 1.88. The molecule has 0 amide bonds. The van der Waals surface area contributed by atoms with E-state index in [1.54, 1.807) is 11.0 Å². The smallest absolute Gasteiger partial charge is 0.138 e. The van der Waals surface area contributed by atoms with Gasteiger partial charge in [0.1, 0.15) is 12.2 Å². The molecule has 1 unspecified atom stereocenters. The van der Waals surface area contributed by atoms with Crippen LogP contribution in [0.4, 0.5) is 0 Å². The lowest BCUT2D eigenvalue weighted by molar-refractivity contribution is 0.521. The third-order valence-corrected chi connectivity index (χ3v) is 3.66. The summed E-state index contributed by atoms with van der Waals surface area (Å²) in [5.74, 6) is 6.54. The van der Waals surface area contributed by atoms with Crippen LogP contribution >= 0.6 is 22.6 Å². The predicted octanol–water partition coefficient (Wildman–Crippen LogP) is 1.17. The molecule has 0 saturated heterocycles. The number of hydrogen-bond donors (Lipinski definition) is 2. The Labute approximate surface area is 114 Å². The Morgan fingerprint density at radius 1 is 1.47 bits per heavy atom. The van der Waals surface area contributed by atoms with E-state index in [1.807, 2.05) is 19.2 Å². The maximum absolute atomic E-state index is 5.63. The zero-order valence-corrected chi connectivity index (χ0v) is 11.6. The summed E-state index contributed by atoms with van der Waals surface area (Å²) in [6, 6.07) is 8.21. The number of rotatable bonds is 4. The number of nitrogens with two attached hydrogens (primary N) is 1. The van der Waals surface area contributed by atoms with Crippen molar-refractivity contribution >= 4 is 22.6 Å². The van der Waals surface area contributed by atoms with Gasteiger partial charge in [0.05, 0.1) is 6.04 Å². The Hall–Kier alpha value is -0.990. The molecule has 0 aliphatic rings. The van der Waals surface area contributed by atoms with E-state index in [1.165, 1.54) is 9.13 Å². The summed E-state index contributed by atoms with van der Waals surface area (Å²) in [5, 5.41) is 4.06. The minimum atomic E-state index is 0.0472. The van der Waals surface area contributed by atoms with E-state index in [2.05, 4.69) is 50.2 Å². The van der Waals surface area contributed by atoms with Crippen molar-refractivity contribution < 1.29 is 0 Å². The molecule has 0 fully saturated rings. The third kappa shape index (κ3) is 2.82. The van der Waals surface area contributed by atoms with E-state index >= 15 is 0 Å². The second-order valence-electron chi connectivity index (χ2n) is 3.74. The predicted molar refractivity (Wildman–Crippen MR) is 73.9 cm³/mol. The number of aromatic nitrogens is 3. The average molecular weight is 343 g/mol. The van der Waals surface area contributed by atoms with Crippen LogP contribution in [0, 0.1) is 3.57 Å². The molecule has 2 rings (SSSR count). The lowest BCUT2D eigenvalue weighted by atomic mass is 10.0. The Morgan fingerprint density at radius 2 is 2.24 bits per heavy atom. The van der Waals surface area contributed by atoms with Crippen LogP contribution in [0.25, 0.3) is 0 Å². The quantitative estimate of drug-likeness (QED) is 0.497. The molecule has 0 saturated carbocycles. The fraction of sp³-hybridized carbons (Fsp3) is 0.273. The number of nitrogens with one attached hydrogen (secondary N) is 1. The molecule has 2 aromatic rings. The van der Waals surface area contributed by atoms with Gasteiger partial charge in [-0.15, -0.1) is 0 Å². The molecule has 6 heteroatoms. The maximum Gasteiger partial charge on any atom is 0.138 e. The molecule has 5 nitrogen and oxygen atoms in total. The standard InChI is InChI=1S/C11H14IN5/c1-17-11(14-7-15-17)6-10(16-13)8-4-2-3-5-9(8)12/h2-5,7,10,16H,6,13H2,1H3. The van der Waals surface area contributed by atoms with Crippen molar-refractivity contribution in [1.82, 2.24) is 20.2 Å². The molecule has 0 spiro atoms. The number of aryl methyl sites for hydroxylation is 1. The average Bonchev–Trinajstić information content (AvgIpc) is 2.73. The highest BCUT2D eigenvalue weighted by Crippen LogP contribution is 2.21. The zero-order valence-electron chi connectivity index (χ0n) is 9.47. The highest BCUT2D eigenvalue weighted by atomic mass is 127. The van der Waals surface area contributed by atoms with Crippen LogP contribution in [0.1, 0.15) is 17.4 Å². The van der Waals surface area contributed by atoms with E-state index in [0.29, 0.717) is 6.42 Å². The third-order valence-electron chi connectivity index (χ3n) is 2.67. The van der Waals surface area contributed by atoms with Crippen molar-refractivity contribution in [3.05, 3.63) is 45.6 Å². The highest BCUT2D eigenvalue weighted by molar-refractivity contribution is 14.1. The number of benzene rings is 1. The molecule has 1 aromatic carbocycles. The second kappa shape index (κ2) is 5.56. The molecular formula is C11H14IN5. The van der Waals surface area contributed by atoms with Gasteiger partial charge >= 0.3 is 0 Å². The molecule has 17 heavy (non-hydrogen) atoms. The molecule has 1 atom stereocenters. The molecule has 1 aromatic heterocycles. The highest BCUT2D eigenvalue weighted by Gasteiger charge is 2.15. The first-order chi connectivity index (χ1) is 8.22. The largest absolute Gasteiger partial charge is 0.271 e. The topological polar surface area (TPSA) is 68.8 Å². The van der Waals surface area contributed by atoms with E-state index in [4.69, 9.17) is 5.84 Å². The van der Waals surface area contributed by atoms with Gasteiger partial charge in [0, 0.05) is 17.0 Å². The number of hydrazine groups is 1. The fourth-order valence-corrected chi connectivity index (χ4v) is 2.47. The molecule has 90 valence electrons. The molecule has 0 radical (unpaired) electrons. The summed E-state index contributed by atoms with van der Waals surface area (Å²) in [6.45, 7) is 0. The summed E-state index contributed by atoms with van der Waals surface area (Å²) in [6.07, 6.45) is 2.27. The van der Waals surface area contributed by atoms with Crippen LogP contribution in [0.2, 0.25) is 0 Å². The normalized spacial score (nSPS) is 12.6. The van der Waals surface area contributed by atoms with Crippen molar-refractivity contribution in [1.29, 1.82) is 0 Å². The first-order valence-electron chi connectivity index (χ1n) is 5.25. The number of hydrogen-bond acceptors (Lipinski definition) is 4. The van der Waals surface area contributed by atoms with Crippen molar-refractivity contribution in [2.75, 3.05) is 0 Å². The van der Waals surface area contributed by atoms with Crippen LogP contribution in [-0.2, 0) is 13.5 Å². The molecule has 0 bridgehead atoms. The van der Waals surface area contributed by atoms with Crippen LogP contribution < -0.4 is 11.3 Å². The Balaban J connectivity index is 2.23. The molecule has 0 aliphatic heterocycles. The van der Waals surface area contributed by atoms with Crippen molar-refractivity contribution in [3.8, 4) is 0 Å². The monoisotopic (exact) mass is 343 g/mol. The number of nitrogens with zero attached hydrogens (tertiary/aromatic N) is 3. The number of halogens is 1. The first kappa shape index (κ1) is 12.5. The maximum atomic E-state index is 5.63.